The zero-order valence-electron chi connectivity index (χ0n) is 14.7. The highest BCUT2D eigenvalue weighted by Crippen LogP contribution is 2.22. The number of aromatic nitrogens is 3. The summed E-state index contributed by atoms with van der Waals surface area (Å²) < 4.78 is 0. The Balaban J connectivity index is 1.48. The number of H-pyrrole nitrogens is 1. The molecule has 27 heavy (non-hydrogen) atoms. The molecule has 0 fully saturated rings. The van der Waals surface area contributed by atoms with Crippen LogP contribution in [0.2, 0.25) is 0 Å². The largest absolute Gasteiger partial charge is 0.338 e. The molecule has 0 radical (unpaired) electrons. The van der Waals surface area contributed by atoms with E-state index in [0.29, 0.717) is 5.56 Å². The normalized spacial score (nSPS) is 11.1. The van der Waals surface area contributed by atoms with Crippen molar-refractivity contribution >= 4 is 23.2 Å². The van der Waals surface area contributed by atoms with Gasteiger partial charge in [-0.05, 0) is 48.4 Å². The summed E-state index contributed by atoms with van der Waals surface area (Å²) in [4.78, 5) is 24.1. The number of hydrogen-bond donors (Lipinski definition) is 2. The van der Waals surface area contributed by atoms with Crippen LogP contribution in [-0.2, 0) is 0 Å². The van der Waals surface area contributed by atoms with Gasteiger partial charge < -0.3 is 4.98 Å². The van der Waals surface area contributed by atoms with Gasteiger partial charge in [-0.15, -0.1) is 0 Å². The fourth-order valence-electron chi connectivity index (χ4n) is 2.77. The van der Waals surface area contributed by atoms with Gasteiger partial charge in [0.05, 0.1) is 17.2 Å². The van der Waals surface area contributed by atoms with Crippen LogP contribution in [0.15, 0.2) is 72.1 Å². The van der Waals surface area contributed by atoms with Crippen molar-refractivity contribution in [1.82, 2.24) is 20.4 Å². The maximum Gasteiger partial charge on any atom is 0.271 e. The summed E-state index contributed by atoms with van der Waals surface area (Å²) in [6, 6.07) is 16.9. The van der Waals surface area contributed by atoms with Crippen LogP contribution in [-0.4, -0.2) is 27.1 Å². The van der Waals surface area contributed by atoms with Crippen molar-refractivity contribution in [3.8, 4) is 11.4 Å². The lowest BCUT2D eigenvalue weighted by Gasteiger charge is -2.01. The average molecular weight is 355 g/mol. The number of rotatable bonds is 4. The molecular weight excluding hydrogens is 338 g/mol. The number of nitrogens with one attached hydrogen (secondary N) is 2. The minimum atomic E-state index is -0.271. The second-order valence-corrected chi connectivity index (χ2v) is 6.11. The second kappa shape index (κ2) is 7.21. The smallest absolute Gasteiger partial charge is 0.271 e. The van der Waals surface area contributed by atoms with Gasteiger partial charge in [-0.3, -0.25) is 9.78 Å². The summed E-state index contributed by atoms with van der Waals surface area (Å²) in [7, 11) is 0. The highest BCUT2D eigenvalue weighted by atomic mass is 16.2. The van der Waals surface area contributed by atoms with Gasteiger partial charge in [-0.1, -0.05) is 24.3 Å². The number of fused-ring (bicyclic) bond motifs is 1. The fourth-order valence-corrected chi connectivity index (χ4v) is 2.77. The lowest BCUT2D eigenvalue weighted by atomic mass is 10.1. The lowest BCUT2D eigenvalue weighted by molar-refractivity contribution is 0.0955. The molecule has 2 heterocycles. The van der Waals surface area contributed by atoms with Gasteiger partial charge in [0.1, 0.15) is 5.82 Å². The third-order valence-corrected chi connectivity index (χ3v) is 4.22. The van der Waals surface area contributed by atoms with Crippen molar-refractivity contribution in [2.75, 3.05) is 0 Å². The van der Waals surface area contributed by atoms with Gasteiger partial charge in [0.2, 0.25) is 0 Å². The van der Waals surface area contributed by atoms with Gasteiger partial charge in [-0.2, -0.15) is 5.10 Å². The van der Waals surface area contributed by atoms with Crippen LogP contribution in [0.5, 0.6) is 0 Å². The van der Waals surface area contributed by atoms with E-state index in [9.17, 15) is 4.79 Å². The summed E-state index contributed by atoms with van der Waals surface area (Å²) in [5, 5.41) is 3.97. The quantitative estimate of drug-likeness (QED) is 0.432. The lowest BCUT2D eigenvalue weighted by Crippen LogP contribution is -2.17. The first kappa shape index (κ1) is 16.7. The molecule has 0 saturated carbocycles. The van der Waals surface area contributed by atoms with Crippen molar-refractivity contribution in [2.45, 2.75) is 6.92 Å². The Bertz CT molecular complexity index is 1110. The molecule has 0 bridgehead atoms. The molecule has 0 aliphatic heterocycles. The predicted octanol–water partition coefficient (Wildman–Crippen LogP) is 3.70. The van der Waals surface area contributed by atoms with Crippen LogP contribution in [0.3, 0.4) is 0 Å². The molecule has 2 aromatic carbocycles. The van der Waals surface area contributed by atoms with Gasteiger partial charge in [-0.25, -0.2) is 10.4 Å². The van der Waals surface area contributed by atoms with E-state index in [2.05, 4.69) is 25.5 Å². The van der Waals surface area contributed by atoms with Gasteiger partial charge in [0.15, 0.2) is 0 Å². The van der Waals surface area contributed by atoms with Crippen molar-refractivity contribution < 1.29 is 4.79 Å². The molecule has 0 spiro atoms. The molecule has 2 N–H and O–H groups in total. The molecule has 4 rings (SSSR count). The molecule has 6 nitrogen and oxygen atoms in total. The van der Waals surface area contributed by atoms with E-state index in [0.717, 1.165) is 33.5 Å². The Hall–Kier alpha value is -3.80. The molecule has 6 heteroatoms. The maximum atomic E-state index is 12.2. The minimum Gasteiger partial charge on any atom is -0.338 e. The van der Waals surface area contributed by atoms with E-state index in [4.69, 9.17) is 0 Å². The van der Waals surface area contributed by atoms with Crippen LogP contribution >= 0.6 is 0 Å². The highest BCUT2D eigenvalue weighted by Gasteiger charge is 2.09. The molecule has 1 amide bonds. The number of aromatic amines is 1. The number of carbonyl (C=O) groups excluding carboxylic acids is 1. The van der Waals surface area contributed by atoms with E-state index < -0.39 is 0 Å². The molecule has 0 saturated heterocycles. The van der Waals surface area contributed by atoms with Gasteiger partial charge in [0, 0.05) is 23.5 Å². The third kappa shape index (κ3) is 3.59. The summed E-state index contributed by atoms with van der Waals surface area (Å²) >= 11 is 0. The summed E-state index contributed by atoms with van der Waals surface area (Å²) in [6.45, 7) is 2.03. The molecule has 132 valence electrons. The van der Waals surface area contributed by atoms with Crippen LogP contribution < -0.4 is 5.43 Å². The standard InChI is InChI=1S/C21H17N5O/c1-14-3-2-4-18-19(14)25-20(24-18)16-5-7-17(8-6-16)21(27)26-23-13-15-9-11-22-12-10-15/h2-13H,1H3,(H,24,25)(H,26,27)/b23-13+. The Kier molecular flexibility index (Phi) is 4.45. The fraction of sp³-hybridized carbons (Fsp3) is 0.0476. The number of para-hydroxylation sites is 1. The number of amides is 1. The Morgan fingerprint density at radius 3 is 2.59 bits per heavy atom. The number of aryl methyl sites for hydroxylation is 1. The van der Waals surface area contributed by atoms with Crippen molar-refractivity contribution in [2.24, 2.45) is 5.10 Å². The minimum absolute atomic E-state index is 0.271. The Morgan fingerprint density at radius 2 is 1.85 bits per heavy atom. The SMILES string of the molecule is Cc1cccc2[nH]c(-c3ccc(C(=O)N/N=C/c4ccncc4)cc3)nc12. The molecule has 4 aromatic rings. The van der Waals surface area contributed by atoms with Gasteiger partial charge >= 0.3 is 0 Å². The number of imidazole rings is 1. The van der Waals surface area contributed by atoms with Crippen LogP contribution in [0.4, 0.5) is 0 Å². The molecule has 0 atom stereocenters. The number of pyridine rings is 1. The first-order valence-electron chi connectivity index (χ1n) is 8.50. The number of hydrogen-bond acceptors (Lipinski definition) is 4. The summed E-state index contributed by atoms with van der Waals surface area (Å²) in [6.07, 6.45) is 4.91. The van der Waals surface area contributed by atoms with E-state index in [-0.39, 0.29) is 5.91 Å². The van der Waals surface area contributed by atoms with E-state index in [1.165, 1.54) is 0 Å². The topological polar surface area (TPSA) is 83.0 Å². The number of carbonyl (C=O) groups is 1. The first-order valence-corrected chi connectivity index (χ1v) is 8.50. The average Bonchev–Trinajstić information content (AvgIpc) is 3.15. The number of hydrazone groups is 1. The second-order valence-electron chi connectivity index (χ2n) is 6.11. The van der Waals surface area contributed by atoms with Gasteiger partial charge in [0.25, 0.3) is 5.91 Å². The monoisotopic (exact) mass is 355 g/mol. The highest BCUT2D eigenvalue weighted by molar-refractivity contribution is 5.95. The van der Waals surface area contributed by atoms with E-state index in [1.54, 1.807) is 42.9 Å². The van der Waals surface area contributed by atoms with Crippen LogP contribution in [0.25, 0.3) is 22.4 Å². The molecular formula is C21H17N5O. The van der Waals surface area contributed by atoms with Crippen LogP contribution in [0.1, 0.15) is 21.5 Å². The van der Waals surface area contributed by atoms with Crippen molar-refractivity contribution in [3.63, 3.8) is 0 Å². The maximum absolute atomic E-state index is 12.2. The number of nitrogens with zero attached hydrogens (tertiary/aromatic N) is 3. The van der Waals surface area contributed by atoms with E-state index in [1.807, 2.05) is 37.3 Å². The van der Waals surface area contributed by atoms with Crippen molar-refractivity contribution in [1.29, 1.82) is 0 Å². The molecule has 0 aliphatic carbocycles. The Labute approximate surface area is 156 Å². The predicted molar refractivity (Wildman–Crippen MR) is 106 cm³/mol. The third-order valence-electron chi connectivity index (χ3n) is 4.22. The van der Waals surface area contributed by atoms with Crippen LogP contribution in [0, 0.1) is 6.92 Å². The van der Waals surface area contributed by atoms with E-state index >= 15 is 0 Å². The molecule has 0 unspecified atom stereocenters. The van der Waals surface area contributed by atoms with Crippen molar-refractivity contribution in [3.05, 3.63) is 83.7 Å². The molecule has 2 aromatic heterocycles. The first-order chi connectivity index (χ1) is 13.2. The molecule has 0 aliphatic rings. The zero-order chi connectivity index (χ0) is 18.6. The number of benzene rings is 2. The zero-order valence-corrected chi connectivity index (χ0v) is 14.7. The summed E-state index contributed by atoms with van der Waals surface area (Å²) in [5.41, 5.74) is 7.91. The Morgan fingerprint density at radius 1 is 1.07 bits per heavy atom. The summed E-state index contributed by atoms with van der Waals surface area (Å²) in [5.74, 6) is 0.509.